The van der Waals surface area contributed by atoms with E-state index in [4.69, 9.17) is 0 Å². The van der Waals surface area contributed by atoms with E-state index in [9.17, 15) is 4.79 Å². The Bertz CT molecular complexity index is 895. The van der Waals surface area contributed by atoms with Gasteiger partial charge in [0.25, 0.3) is 0 Å². The number of hydrogen-bond acceptors (Lipinski definition) is 5. The minimum Gasteiger partial charge on any atom is -0.305 e. The summed E-state index contributed by atoms with van der Waals surface area (Å²) in [6.45, 7) is 6.02. The number of ketones is 1. The van der Waals surface area contributed by atoms with Crippen molar-refractivity contribution in [3.05, 3.63) is 58.9 Å². The van der Waals surface area contributed by atoms with Gasteiger partial charge < -0.3 is 4.57 Å². The van der Waals surface area contributed by atoms with Gasteiger partial charge in [-0.1, -0.05) is 29.5 Å². The van der Waals surface area contributed by atoms with Crippen molar-refractivity contribution in [1.29, 1.82) is 0 Å². The molecule has 0 atom stereocenters. The normalized spacial score (nSPS) is 10.9. The summed E-state index contributed by atoms with van der Waals surface area (Å²) in [7, 11) is 1.91. The Morgan fingerprint density at radius 2 is 1.72 bits per heavy atom. The highest BCUT2D eigenvalue weighted by Crippen LogP contribution is 2.24. The molecule has 0 fully saturated rings. The summed E-state index contributed by atoms with van der Waals surface area (Å²) in [5.41, 5.74) is 5.00. The molecule has 0 unspecified atom stereocenters. The molecule has 0 aliphatic carbocycles. The number of rotatable bonds is 5. The highest BCUT2D eigenvalue weighted by molar-refractivity contribution is 7.99. The molecule has 0 radical (unpaired) electrons. The van der Waals surface area contributed by atoms with Crippen LogP contribution in [-0.4, -0.2) is 31.3 Å². The number of pyridine rings is 1. The Kier molecular flexibility index (Phi) is 4.99. The third-order valence-corrected chi connectivity index (χ3v) is 5.08. The number of benzene rings is 1. The molecular weight excluding hydrogens is 332 g/mol. The molecule has 0 amide bonds. The Morgan fingerprint density at radius 3 is 2.36 bits per heavy atom. The first-order valence-corrected chi connectivity index (χ1v) is 8.99. The predicted octanol–water partition coefficient (Wildman–Crippen LogP) is 3.78. The van der Waals surface area contributed by atoms with Gasteiger partial charge in [0.2, 0.25) is 0 Å². The van der Waals surface area contributed by atoms with Crippen LogP contribution in [0.2, 0.25) is 0 Å². The summed E-state index contributed by atoms with van der Waals surface area (Å²) in [5.74, 6) is 1.22. The van der Waals surface area contributed by atoms with Gasteiger partial charge in [-0.2, -0.15) is 0 Å². The van der Waals surface area contributed by atoms with E-state index in [1.807, 2.05) is 44.5 Å². The Labute approximate surface area is 151 Å². The highest BCUT2D eigenvalue weighted by atomic mass is 32.2. The second-order valence-corrected chi connectivity index (χ2v) is 7.03. The Hall–Kier alpha value is -2.47. The third kappa shape index (κ3) is 3.64. The molecule has 128 valence electrons. The van der Waals surface area contributed by atoms with E-state index in [-0.39, 0.29) is 5.78 Å². The van der Waals surface area contributed by atoms with Gasteiger partial charge in [0, 0.05) is 30.6 Å². The van der Waals surface area contributed by atoms with Gasteiger partial charge in [-0.3, -0.25) is 9.78 Å². The molecule has 0 bridgehead atoms. The first-order chi connectivity index (χ1) is 12.0. The fraction of sp³-hybridized carbons (Fsp3) is 0.263. The van der Waals surface area contributed by atoms with Gasteiger partial charge in [0.15, 0.2) is 16.8 Å². The average Bonchev–Trinajstić information content (AvgIpc) is 2.93. The smallest absolute Gasteiger partial charge is 0.191 e. The molecule has 1 aromatic carbocycles. The van der Waals surface area contributed by atoms with Crippen molar-refractivity contribution in [1.82, 2.24) is 19.7 Å². The maximum absolute atomic E-state index is 12.7. The van der Waals surface area contributed by atoms with Crippen molar-refractivity contribution in [2.75, 3.05) is 5.75 Å². The SMILES string of the molecule is Cc1cc(C)c(C(=O)CSc2nnc(-c3ccncc3)n2C)c(C)c1. The van der Waals surface area contributed by atoms with Crippen LogP contribution in [0.3, 0.4) is 0 Å². The molecule has 3 rings (SSSR count). The third-order valence-electron chi connectivity index (χ3n) is 4.06. The summed E-state index contributed by atoms with van der Waals surface area (Å²) >= 11 is 1.41. The van der Waals surface area contributed by atoms with E-state index in [1.54, 1.807) is 12.4 Å². The zero-order chi connectivity index (χ0) is 18.0. The lowest BCUT2D eigenvalue weighted by Gasteiger charge is -2.10. The number of hydrogen-bond donors (Lipinski definition) is 0. The number of carbonyl (C=O) groups is 1. The van der Waals surface area contributed by atoms with E-state index >= 15 is 0 Å². The number of aromatic nitrogens is 4. The highest BCUT2D eigenvalue weighted by Gasteiger charge is 2.16. The van der Waals surface area contributed by atoms with Gasteiger partial charge in [-0.15, -0.1) is 10.2 Å². The molecule has 0 aliphatic rings. The summed E-state index contributed by atoms with van der Waals surface area (Å²) < 4.78 is 1.90. The molecule has 0 aliphatic heterocycles. The lowest BCUT2D eigenvalue weighted by atomic mass is 9.97. The van der Waals surface area contributed by atoms with Crippen molar-refractivity contribution in [2.45, 2.75) is 25.9 Å². The molecule has 0 spiro atoms. The lowest BCUT2D eigenvalue weighted by Crippen LogP contribution is -2.08. The van der Waals surface area contributed by atoms with Crippen LogP contribution in [0.15, 0.2) is 41.8 Å². The Morgan fingerprint density at radius 1 is 1.08 bits per heavy atom. The monoisotopic (exact) mass is 352 g/mol. The van der Waals surface area contributed by atoms with Crippen LogP contribution in [-0.2, 0) is 7.05 Å². The van der Waals surface area contributed by atoms with E-state index < -0.39 is 0 Å². The second kappa shape index (κ2) is 7.19. The Balaban J connectivity index is 1.77. The zero-order valence-electron chi connectivity index (χ0n) is 14.8. The van der Waals surface area contributed by atoms with Crippen molar-refractivity contribution in [3.63, 3.8) is 0 Å². The average molecular weight is 352 g/mol. The fourth-order valence-corrected chi connectivity index (χ4v) is 3.80. The van der Waals surface area contributed by atoms with E-state index in [1.165, 1.54) is 17.3 Å². The number of aryl methyl sites for hydroxylation is 3. The van der Waals surface area contributed by atoms with Crippen molar-refractivity contribution >= 4 is 17.5 Å². The number of Topliss-reactive ketones (excluding diaryl/α,β-unsaturated/α-hetero) is 1. The van der Waals surface area contributed by atoms with Crippen molar-refractivity contribution in [3.8, 4) is 11.4 Å². The standard InChI is InChI=1S/C19H20N4OS/c1-12-9-13(2)17(14(3)10-12)16(24)11-25-19-22-21-18(23(19)4)15-5-7-20-8-6-15/h5-10H,11H2,1-4H3. The maximum atomic E-state index is 12.7. The number of thioether (sulfide) groups is 1. The summed E-state index contributed by atoms with van der Waals surface area (Å²) in [4.78, 5) is 16.7. The van der Waals surface area contributed by atoms with Gasteiger partial charge in [-0.25, -0.2) is 0 Å². The molecule has 2 heterocycles. The van der Waals surface area contributed by atoms with Crippen LogP contribution in [0.25, 0.3) is 11.4 Å². The van der Waals surface area contributed by atoms with Crippen molar-refractivity contribution < 1.29 is 4.79 Å². The lowest BCUT2D eigenvalue weighted by molar-refractivity contribution is 0.102. The minimum absolute atomic E-state index is 0.119. The summed E-state index contributed by atoms with van der Waals surface area (Å²) in [6.07, 6.45) is 3.45. The molecule has 5 nitrogen and oxygen atoms in total. The van der Waals surface area contributed by atoms with Crippen LogP contribution in [0.1, 0.15) is 27.0 Å². The zero-order valence-corrected chi connectivity index (χ0v) is 15.6. The van der Waals surface area contributed by atoms with E-state index in [0.717, 1.165) is 33.2 Å². The summed E-state index contributed by atoms with van der Waals surface area (Å²) in [6, 6.07) is 7.88. The first-order valence-electron chi connectivity index (χ1n) is 8.01. The number of nitrogens with zero attached hydrogens (tertiary/aromatic N) is 4. The van der Waals surface area contributed by atoms with Gasteiger partial charge in [0.1, 0.15) is 0 Å². The van der Waals surface area contributed by atoms with Crippen LogP contribution in [0, 0.1) is 20.8 Å². The summed E-state index contributed by atoms with van der Waals surface area (Å²) in [5, 5.41) is 9.18. The first kappa shape index (κ1) is 17.4. The molecule has 6 heteroatoms. The van der Waals surface area contributed by atoms with Gasteiger partial charge in [0.05, 0.1) is 5.75 Å². The van der Waals surface area contributed by atoms with E-state index in [0.29, 0.717) is 5.75 Å². The largest absolute Gasteiger partial charge is 0.305 e. The van der Waals surface area contributed by atoms with Crippen LogP contribution in [0.5, 0.6) is 0 Å². The predicted molar refractivity (Wildman–Crippen MR) is 99.9 cm³/mol. The molecule has 3 aromatic rings. The van der Waals surface area contributed by atoms with Gasteiger partial charge in [-0.05, 0) is 44.0 Å². The molecule has 0 saturated carbocycles. The quantitative estimate of drug-likeness (QED) is 0.517. The van der Waals surface area contributed by atoms with Crippen LogP contribution in [0.4, 0.5) is 0 Å². The van der Waals surface area contributed by atoms with Gasteiger partial charge >= 0.3 is 0 Å². The fourth-order valence-electron chi connectivity index (χ4n) is 3.02. The molecule has 0 saturated heterocycles. The minimum atomic E-state index is 0.119. The van der Waals surface area contributed by atoms with E-state index in [2.05, 4.69) is 27.3 Å². The number of carbonyl (C=O) groups excluding carboxylic acids is 1. The van der Waals surface area contributed by atoms with Crippen LogP contribution >= 0.6 is 11.8 Å². The molecule has 0 N–H and O–H groups in total. The second-order valence-electron chi connectivity index (χ2n) is 6.09. The van der Waals surface area contributed by atoms with Crippen LogP contribution < -0.4 is 0 Å². The molecular formula is C19H20N4OS. The molecule has 25 heavy (non-hydrogen) atoms. The molecule has 2 aromatic heterocycles. The topological polar surface area (TPSA) is 60.7 Å². The van der Waals surface area contributed by atoms with Crippen molar-refractivity contribution in [2.24, 2.45) is 7.05 Å². The maximum Gasteiger partial charge on any atom is 0.191 e.